The van der Waals surface area contributed by atoms with Crippen molar-refractivity contribution in [2.24, 2.45) is 5.92 Å². The molecule has 0 spiro atoms. The van der Waals surface area contributed by atoms with Crippen LogP contribution in [0.15, 0.2) is 18.2 Å². The minimum atomic E-state index is -0.247. The van der Waals surface area contributed by atoms with Gasteiger partial charge in [-0.3, -0.25) is 0 Å². The van der Waals surface area contributed by atoms with Gasteiger partial charge in [0.1, 0.15) is 5.82 Å². The molecule has 0 radical (unpaired) electrons. The molecule has 2 rings (SSSR count). The number of anilines is 1. The molecule has 0 aliphatic heterocycles. The molecule has 0 saturated heterocycles. The predicted octanol–water partition coefficient (Wildman–Crippen LogP) is 4.47. The lowest BCUT2D eigenvalue weighted by atomic mass is 9.81. The Labute approximate surface area is 101 Å². The Bertz CT molecular complexity index is 363. The van der Waals surface area contributed by atoms with Crippen molar-refractivity contribution >= 4 is 17.3 Å². The van der Waals surface area contributed by atoms with Crippen LogP contribution in [0.1, 0.15) is 32.6 Å². The number of rotatable bonds is 4. The van der Waals surface area contributed by atoms with Crippen molar-refractivity contribution in [3.05, 3.63) is 29.0 Å². The lowest BCUT2D eigenvalue weighted by Crippen LogP contribution is -2.23. The van der Waals surface area contributed by atoms with Gasteiger partial charge in [-0.15, -0.1) is 0 Å². The molecule has 1 atom stereocenters. The molecule has 1 aromatic carbocycles. The van der Waals surface area contributed by atoms with Crippen LogP contribution in [0.5, 0.6) is 0 Å². The zero-order chi connectivity index (χ0) is 11.5. The molecule has 0 bridgehead atoms. The third kappa shape index (κ3) is 2.88. The summed E-state index contributed by atoms with van der Waals surface area (Å²) in [5.41, 5.74) is 0.702. The highest BCUT2D eigenvalue weighted by atomic mass is 35.5. The van der Waals surface area contributed by atoms with E-state index in [4.69, 9.17) is 11.6 Å². The average molecular weight is 242 g/mol. The Morgan fingerprint density at radius 2 is 2.25 bits per heavy atom. The van der Waals surface area contributed by atoms with E-state index >= 15 is 0 Å². The third-order valence-corrected chi connectivity index (χ3v) is 3.57. The SMILES string of the molecule is CC(CC1CCC1)Nc1cc(F)ccc1Cl. The molecule has 3 heteroatoms. The molecule has 1 N–H and O–H groups in total. The number of halogens is 2. The summed E-state index contributed by atoms with van der Waals surface area (Å²) in [6.07, 6.45) is 5.18. The van der Waals surface area contributed by atoms with E-state index in [1.807, 2.05) is 0 Å². The summed E-state index contributed by atoms with van der Waals surface area (Å²) in [6.45, 7) is 2.12. The van der Waals surface area contributed by atoms with Crippen molar-refractivity contribution < 1.29 is 4.39 Å². The molecule has 1 fully saturated rings. The highest BCUT2D eigenvalue weighted by Gasteiger charge is 2.20. The van der Waals surface area contributed by atoms with Crippen LogP contribution < -0.4 is 5.32 Å². The van der Waals surface area contributed by atoms with E-state index < -0.39 is 0 Å². The highest BCUT2D eigenvalue weighted by molar-refractivity contribution is 6.33. The first-order valence-electron chi connectivity index (χ1n) is 5.87. The van der Waals surface area contributed by atoms with Gasteiger partial charge in [-0.05, 0) is 37.5 Å². The van der Waals surface area contributed by atoms with Gasteiger partial charge >= 0.3 is 0 Å². The minimum absolute atomic E-state index is 0.247. The molecule has 16 heavy (non-hydrogen) atoms. The van der Waals surface area contributed by atoms with Gasteiger partial charge in [0, 0.05) is 6.04 Å². The Hall–Kier alpha value is -0.760. The average Bonchev–Trinajstić information content (AvgIpc) is 2.18. The predicted molar refractivity (Wildman–Crippen MR) is 66.5 cm³/mol. The summed E-state index contributed by atoms with van der Waals surface area (Å²) in [7, 11) is 0. The molecule has 1 saturated carbocycles. The maximum atomic E-state index is 13.0. The quantitative estimate of drug-likeness (QED) is 0.820. The molecular weight excluding hydrogens is 225 g/mol. The van der Waals surface area contributed by atoms with Crippen LogP contribution >= 0.6 is 11.6 Å². The van der Waals surface area contributed by atoms with Gasteiger partial charge in [-0.25, -0.2) is 4.39 Å². The van der Waals surface area contributed by atoms with Crippen molar-refractivity contribution in [2.75, 3.05) is 5.32 Å². The van der Waals surface area contributed by atoms with Gasteiger partial charge in [-0.1, -0.05) is 30.9 Å². The summed E-state index contributed by atoms with van der Waals surface area (Å²) in [5.74, 6) is 0.595. The number of hydrogen-bond acceptors (Lipinski definition) is 1. The molecule has 1 unspecified atom stereocenters. The monoisotopic (exact) mass is 241 g/mol. The fraction of sp³-hybridized carbons (Fsp3) is 0.538. The lowest BCUT2D eigenvalue weighted by Gasteiger charge is -2.29. The van der Waals surface area contributed by atoms with Gasteiger partial charge in [0.05, 0.1) is 10.7 Å². The van der Waals surface area contributed by atoms with Crippen LogP contribution in [-0.2, 0) is 0 Å². The molecule has 0 amide bonds. The van der Waals surface area contributed by atoms with E-state index in [2.05, 4.69) is 12.2 Å². The van der Waals surface area contributed by atoms with E-state index in [0.717, 1.165) is 12.3 Å². The topological polar surface area (TPSA) is 12.0 Å². The standard InChI is InChI=1S/C13H17ClFN/c1-9(7-10-3-2-4-10)16-13-8-11(15)5-6-12(13)14/h5-6,8-10,16H,2-4,7H2,1H3. The van der Waals surface area contributed by atoms with E-state index in [0.29, 0.717) is 16.8 Å². The van der Waals surface area contributed by atoms with Gasteiger partial charge in [0.15, 0.2) is 0 Å². The molecule has 0 heterocycles. The van der Waals surface area contributed by atoms with Crippen molar-refractivity contribution in [2.45, 2.75) is 38.6 Å². The van der Waals surface area contributed by atoms with Crippen molar-refractivity contribution in [1.82, 2.24) is 0 Å². The maximum absolute atomic E-state index is 13.0. The third-order valence-electron chi connectivity index (χ3n) is 3.24. The molecule has 1 nitrogen and oxygen atoms in total. The fourth-order valence-corrected chi connectivity index (χ4v) is 2.33. The van der Waals surface area contributed by atoms with Crippen LogP contribution in [0.3, 0.4) is 0 Å². The lowest BCUT2D eigenvalue weighted by molar-refractivity contribution is 0.286. The number of benzene rings is 1. The Kier molecular flexibility index (Phi) is 3.70. The number of hydrogen-bond donors (Lipinski definition) is 1. The number of nitrogens with one attached hydrogen (secondary N) is 1. The van der Waals surface area contributed by atoms with Gasteiger partial charge in [0.25, 0.3) is 0 Å². The first-order chi connectivity index (χ1) is 7.65. The molecule has 0 aromatic heterocycles. The molecular formula is C13H17ClFN. The maximum Gasteiger partial charge on any atom is 0.125 e. The van der Waals surface area contributed by atoms with Crippen molar-refractivity contribution in [3.63, 3.8) is 0 Å². The molecule has 1 aliphatic carbocycles. The second-order valence-corrected chi connectivity index (χ2v) is 5.11. The van der Waals surface area contributed by atoms with Crippen LogP contribution in [0.2, 0.25) is 5.02 Å². The van der Waals surface area contributed by atoms with Crippen LogP contribution in [0.4, 0.5) is 10.1 Å². The molecule has 88 valence electrons. The summed E-state index contributed by atoms with van der Waals surface area (Å²) >= 11 is 6.00. The summed E-state index contributed by atoms with van der Waals surface area (Å²) in [4.78, 5) is 0. The van der Waals surface area contributed by atoms with Crippen LogP contribution in [-0.4, -0.2) is 6.04 Å². The van der Waals surface area contributed by atoms with Crippen LogP contribution in [0, 0.1) is 11.7 Å². The zero-order valence-electron chi connectivity index (χ0n) is 9.47. The second-order valence-electron chi connectivity index (χ2n) is 4.70. The Balaban J connectivity index is 1.93. The van der Waals surface area contributed by atoms with Crippen molar-refractivity contribution in [3.8, 4) is 0 Å². The smallest absolute Gasteiger partial charge is 0.125 e. The fourth-order valence-electron chi connectivity index (χ4n) is 2.16. The first-order valence-corrected chi connectivity index (χ1v) is 6.24. The van der Waals surface area contributed by atoms with Crippen LogP contribution in [0.25, 0.3) is 0 Å². The van der Waals surface area contributed by atoms with Gasteiger partial charge < -0.3 is 5.32 Å². The summed E-state index contributed by atoms with van der Waals surface area (Å²) < 4.78 is 13.0. The van der Waals surface area contributed by atoms with E-state index in [1.165, 1.54) is 31.4 Å². The summed E-state index contributed by atoms with van der Waals surface area (Å²) in [5, 5.41) is 3.86. The van der Waals surface area contributed by atoms with E-state index in [1.54, 1.807) is 6.07 Å². The normalized spacial score (nSPS) is 17.9. The zero-order valence-corrected chi connectivity index (χ0v) is 10.2. The van der Waals surface area contributed by atoms with Gasteiger partial charge in [-0.2, -0.15) is 0 Å². The Morgan fingerprint density at radius 1 is 1.50 bits per heavy atom. The summed E-state index contributed by atoms with van der Waals surface area (Å²) in [6, 6.07) is 4.78. The Morgan fingerprint density at radius 3 is 2.88 bits per heavy atom. The van der Waals surface area contributed by atoms with Gasteiger partial charge in [0.2, 0.25) is 0 Å². The van der Waals surface area contributed by atoms with E-state index in [9.17, 15) is 4.39 Å². The molecule has 1 aromatic rings. The second kappa shape index (κ2) is 5.05. The van der Waals surface area contributed by atoms with Crippen molar-refractivity contribution in [1.29, 1.82) is 0 Å². The molecule has 1 aliphatic rings. The highest BCUT2D eigenvalue weighted by Crippen LogP contribution is 2.32. The first kappa shape index (κ1) is 11.7. The van der Waals surface area contributed by atoms with E-state index in [-0.39, 0.29) is 5.82 Å². The minimum Gasteiger partial charge on any atom is -0.381 e. The largest absolute Gasteiger partial charge is 0.381 e.